The number of fused-ring (bicyclic) bond motifs is 12. The molecule has 0 saturated carbocycles. The highest BCUT2D eigenvalue weighted by atomic mass is 32.1. The molecule has 0 aliphatic heterocycles. The second-order valence-electron chi connectivity index (χ2n) is 19.7. The molecule has 4 heterocycles. The van der Waals surface area contributed by atoms with Crippen LogP contribution in [0.5, 0.6) is 0 Å². The smallest absolute Gasteiger partial charge is 0.164 e. The third-order valence-electron chi connectivity index (χ3n) is 15.7. The molecule has 0 amide bonds. The van der Waals surface area contributed by atoms with Gasteiger partial charge in [0.1, 0.15) is 22.3 Å². The molecule has 6 heteroatoms. The van der Waals surface area contributed by atoms with Gasteiger partial charge in [0.25, 0.3) is 0 Å². The van der Waals surface area contributed by atoms with Crippen LogP contribution in [-0.2, 0) is 5.41 Å². The Balaban J connectivity index is 0.825. The van der Waals surface area contributed by atoms with Gasteiger partial charge < -0.3 is 8.83 Å². The number of nitrogens with zero attached hydrogens (tertiary/aromatic N) is 3. The number of benzene rings is 11. The van der Waals surface area contributed by atoms with Crippen molar-refractivity contribution in [1.29, 1.82) is 0 Å². The molecule has 0 N–H and O–H groups in total. The van der Waals surface area contributed by atoms with Gasteiger partial charge >= 0.3 is 0 Å². The van der Waals surface area contributed by atoms with Gasteiger partial charge in [-0.2, -0.15) is 0 Å². The van der Waals surface area contributed by atoms with Gasteiger partial charge in [0, 0.05) is 58.4 Å². The molecule has 0 atom stereocenters. The third kappa shape index (κ3) is 6.41. The minimum absolute atomic E-state index is 0.465. The summed E-state index contributed by atoms with van der Waals surface area (Å²) in [6.45, 7) is 0. The number of thiophene rings is 1. The summed E-state index contributed by atoms with van der Waals surface area (Å²) in [5.74, 6) is 1.71. The van der Waals surface area contributed by atoms with Crippen LogP contribution < -0.4 is 0 Å². The van der Waals surface area contributed by atoms with Crippen LogP contribution in [0.1, 0.15) is 22.3 Å². The topological polar surface area (TPSA) is 65.0 Å². The fraction of sp³-hybridized carbons (Fsp3) is 0.0143. The highest BCUT2D eigenvalue weighted by Gasteiger charge is 2.46. The third-order valence-corrected chi connectivity index (χ3v) is 16.8. The highest BCUT2D eigenvalue weighted by Crippen LogP contribution is 2.57. The van der Waals surface area contributed by atoms with E-state index in [0.29, 0.717) is 17.5 Å². The first kappa shape index (κ1) is 42.7. The maximum absolute atomic E-state index is 6.65. The van der Waals surface area contributed by atoms with Gasteiger partial charge in [0.05, 0.1) is 5.41 Å². The number of aromatic nitrogens is 3. The van der Waals surface area contributed by atoms with Crippen LogP contribution in [0, 0.1) is 0 Å². The lowest BCUT2D eigenvalue weighted by molar-refractivity contribution is 0.668. The Morgan fingerprint density at radius 3 is 1.50 bits per heavy atom. The fourth-order valence-electron chi connectivity index (χ4n) is 12.2. The summed E-state index contributed by atoms with van der Waals surface area (Å²) in [5.41, 5.74) is 17.5. The molecule has 4 aromatic heterocycles. The summed E-state index contributed by atoms with van der Waals surface area (Å²) in [5, 5.41) is 6.32. The van der Waals surface area contributed by atoms with Gasteiger partial charge in [-0.25, -0.2) is 15.0 Å². The quantitative estimate of drug-likeness (QED) is 0.159. The summed E-state index contributed by atoms with van der Waals surface area (Å²) in [7, 11) is 0. The Labute approximate surface area is 440 Å². The Hall–Kier alpha value is -9.75. The predicted molar refractivity (Wildman–Crippen MR) is 312 cm³/mol. The molecule has 0 fully saturated rings. The largest absolute Gasteiger partial charge is 0.456 e. The van der Waals surface area contributed by atoms with E-state index in [4.69, 9.17) is 23.8 Å². The molecule has 16 rings (SSSR count). The van der Waals surface area contributed by atoms with E-state index in [1.807, 2.05) is 42.5 Å². The molecule has 0 unspecified atom stereocenters. The summed E-state index contributed by atoms with van der Waals surface area (Å²) >= 11 is 1.80. The SMILES string of the molecule is c1ccc(C2(c3ccccc3)c3ccccc3-c3ccc(-c4ccc(-c5ccc6oc7cccc(-c8nc(-c9ccc%10sc%11ccccc%11c%10c9)nc(-c9cccc%10oc%11ccccc%11c9%10)n8)c7c6c5)cc4)cc32)cc1. The van der Waals surface area contributed by atoms with Crippen molar-refractivity contribution in [2.45, 2.75) is 5.41 Å². The van der Waals surface area contributed by atoms with Crippen molar-refractivity contribution in [3.63, 3.8) is 0 Å². The van der Waals surface area contributed by atoms with E-state index in [9.17, 15) is 0 Å². The lowest BCUT2D eigenvalue weighted by atomic mass is 9.67. The lowest BCUT2D eigenvalue weighted by Gasteiger charge is -2.34. The van der Waals surface area contributed by atoms with Crippen molar-refractivity contribution in [1.82, 2.24) is 15.0 Å². The van der Waals surface area contributed by atoms with Crippen molar-refractivity contribution in [3.05, 3.63) is 271 Å². The summed E-state index contributed by atoms with van der Waals surface area (Å²) in [6, 6.07) is 88.9. The van der Waals surface area contributed by atoms with E-state index in [1.54, 1.807) is 11.3 Å². The Bertz CT molecular complexity index is 4780. The average Bonchev–Trinajstić information content (AvgIpc) is 4.27. The van der Waals surface area contributed by atoms with Crippen LogP contribution in [0.4, 0.5) is 0 Å². The average molecular weight is 988 g/mol. The molecule has 0 saturated heterocycles. The Morgan fingerprint density at radius 1 is 0.289 bits per heavy atom. The molecular formula is C70H41N3O2S. The van der Waals surface area contributed by atoms with E-state index in [0.717, 1.165) is 77.3 Å². The van der Waals surface area contributed by atoms with Crippen LogP contribution >= 0.6 is 11.3 Å². The number of furan rings is 2. The molecule has 1 aliphatic rings. The molecule has 0 bridgehead atoms. The monoisotopic (exact) mass is 987 g/mol. The summed E-state index contributed by atoms with van der Waals surface area (Å²) in [6.07, 6.45) is 0. The highest BCUT2D eigenvalue weighted by molar-refractivity contribution is 7.25. The second kappa shape index (κ2) is 16.6. The van der Waals surface area contributed by atoms with Crippen LogP contribution in [0.25, 0.3) is 132 Å². The van der Waals surface area contributed by atoms with E-state index in [2.05, 4.69) is 206 Å². The van der Waals surface area contributed by atoms with E-state index in [-0.39, 0.29) is 0 Å². The predicted octanol–water partition coefficient (Wildman–Crippen LogP) is 18.7. The number of para-hydroxylation sites is 1. The molecule has 5 nitrogen and oxygen atoms in total. The summed E-state index contributed by atoms with van der Waals surface area (Å²) in [4.78, 5) is 16.0. The van der Waals surface area contributed by atoms with Gasteiger partial charge in [-0.1, -0.05) is 188 Å². The number of hydrogen-bond acceptors (Lipinski definition) is 6. The molecule has 354 valence electrons. The van der Waals surface area contributed by atoms with Crippen molar-refractivity contribution in [2.24, 2.45) is 0 Å². The normalized spacial score (nSPS) is 12.8. The van der Waals surface area contributed by atoms with Gasteiger partial charge in [0.2, 0.25) is 0 Å². The van der Waals surface area contributed by atoms with Crippen molar-refractivity contribution in [3.8, 4) is 67.5 Å². The van der Waals surface area contributed by atoms with E-state index >= 15 is 0 Å². The van der Waals surface area contributed by atoms with Crippen LogP contribution in [-0.4, -0.2) is 15.0 Å². The number of rotatable bonds is 7. The Kier molecular flexibility index (Phi) is 9.35. The minimum atomic E-state index is -0.465. The van der Waals surface area contributed by atoms with E-state index < -0.39 is 5.41 Å². The van der Waals surface area contributed by atoms with Gasteiger partial charge in [0.15, 0.2) is 17.5 Å². The standard InChI is InChI=1S/C70H41N3O2S/c1-3-15-47(16-4-1)70(48-17-5-2-6-18-48)57-24-10-7-19-49(57)50-36-33-45(41-58(50)70)43-31-29-42(30-32-43)44-34-37-60-56(39-44)66-54(23-14-27-62(66)75-60)69-72-67(46-35-38-64-55(40-46)51-20-9-12-28-63(51)76-64)71-68(73-69)53-22-13-26-61-65(53)52-21-8-11-25-59(52)74-61/h1-41H. The maximum Gasteiger partial charge on any atom is 0.164 e. The van der Waals surface area contributed by atoms with Crippen molar-refractivity contribution >= 4 is 75.4 Å². The Morgan fingerprint density at radius 2 is 0.776 bits per heavy atom. The van der Waals surface area contributed by atoms with Crippen LogP contribution in [0.2, 0.25) is 0 Å². The zero-order chi connectivity index (χ0) is 49.9. The van der Waals surface area contributed by atoms with E-state index in [1.165, 1.54) is 59.1 Å². The fourth-order valence-corrected chi connectivity index (χ4v) is 13.3. The second-order valence-corrected chi connectivity index (χ2v) is 20.8. The molecule has 0 spiro atoms. The zero-order valence-corrected chi connectivity index (χ0v) is 41.6. The molecular weight excluding hydrogens is 947 g/mol. The van der Waals surface area contributed by atoms with Crippen molar-refractivity contribution < 1.29 is 8.83 Å². The number of hydrogen-bond donors (Lipinski definition) is 0. The van der Waals surface area contributed by atoms with Crippen LogP contribution in [0.3, 0.4) is 0 Å². The van der Waals surface area contributed by atoms with Gasteiger partial charge in [-0.15, -0.1) is 11.3 Å². The van der Waals surface area contributed by atoms with Gasteiger partial charge in [-0.05, 0) is 116 Å². The van der Waals surface area contributed by atoms with Crippen LogP contribution in [0.15, 0.2) is 258 Å². The first-order chi connectivity index (χ1) is 37.6. The molecule has 11 aromatic carbocycles. The molecule has 76 heavy (non-hydrogen) atoms. The first-order valence-electron chi connectivity index (χ1n) is 25.6. The lowest BCUT2D eigenvalue weighted by Crippen LogP contribution is -2.28. The summed E-state index contributed by atoms with van der Waals surface area (Å²) < 4.78 is 15.5. The molecule has 1 aliphatic carbocycles. The molecule has 0 radical (unpaired) electrons. The first-order valence-corrected chi connectivity index (χ1v) is 26.5. The maximum atomic E-state index is 6.65. The zero-order valence-electron chi connectivity index (χ0n) is 40.7. The minimum Gasteiger partial charge on any atom is -0.456 e. The van der Waals surface area contributed by atoms with Crippen molar-refractivity contribution in [2.75, 3.05) is 0 Å². The van der Waals surface area contributed by atoms with Gasteiger partial charge in [-0.3, -0.25) is 0 Å². The molecule has 15 aromatic rings.